The Hall–Kier alpha value is -0.130. The first kappa shape index (κ1) is 10.9. The molecule has 0 aromatic rings. The SMILES string of the molecule is CC(CO)NS(=O)(=O)C1CCCC1. The molecule has 78 valence electrons. The molecule has 0 bridgehead atoms. The van der Waals surface area contributed by atoms with Crippen molar-refractivity contribution in [3.05, 3.63) is 0 Å². The normalized spacial score (nSPS) is 22.0. The summed E-state index contributed by atoms with van der Waals surface area (Å²) in [6.07, 6.45) is 3.51. The Morgan fingerprint density at radius 3 is 2.46 bits per heavy atom. The molecule has 1 fully saturated rings. The van der Waals surface area contributed by atoms with Gasteiger partial charge < -0.3 is 5.11 Å². The highest BCUT2D eigenvalue weighted by atomic mass is 32.2. The van der Waals surface area contributed by atoms with E-state index < -0.39 is 10.0 Å². The maximum Gasteiger partial charge on any atom is 0.214 e. The summed E-state index contributed by atoms with van der Waals surface area (Å²) in [5.41, 5.74) is 0. The Balaban J connectivity index is 2.54. The number of nitrogens with one attached hydrogen (secondary N) is 1. The van der Waals surface area contributed by atoms with Crippen molar-refractivity contribution in [3.63, 3.8) is 0 Å². The molecule has 0 aliphatic heterocycles. The summed E-state index contributed by atoms with van der Waals surface area (Å²) < 4.78 is 25.6. The molecule has 1 saturated carbocycles. The predicted octanol–water partition coefficient (Wildman–Crippen LogP) is 0.229. The van der Waals surface area contributed by atoms with E-state index in [9.17, 15) is 8.42 Å². The molecular weight excluding hydrogens is 190 g/mol. The molecule has 0 amide bonds. The van der Waals surface area contributed by atoms with Gasteiger partial charge in [0.05, 0.1) is 11.9 Å². The van der Waals surface area contributed by atoms with E-state index >= 15 is 0 Å². The van der Waals surface area contributed by atoms with Crippen molar-refractivity contribution in [2.24, 2.45) is 0 Å². The second-order valence-corrected chi connectivity index (χ2v) is 5.65. The lowest BCUT2D eigenvalue weighted by Gasteiger charge is -2.15. The largest absolute Gasteiger partial charge is 0.395 e. The molecule has 5 heteroatoms. The van der Waals surface area contributed by atoms with Crippen LogP contribution in [0.25, 0.3) is 0 Å². The van der Waals surface area contributed by atoms with Crippen LogP contribution in [-0.2, 0) is 10.0 Å². The molecule has 1 atom stereocenters. The first-order valence-electron chi connectivity index (χ1n) is 4.68. The lowest BCUT2D eigenvalue weighted by Crippen LogP contribution is -2.40. The maximum absolute atomic E-state index is 11.6. The molecule has 1 rings (SSSR count). The highest BCUT2D eigenvalue weighted by molar-refractivity contribution is 7.90. The van der Waals surface area contributed by atoms with Gasteiger partial charge in [-0.2, -0.15) is 0 Å². The van der Waals surface area contributed by atoms with Crippen LogP contribution in [0.3, 0.4) is 0 Å². The lowest BCUT2D eigenvalue weighted by molar-refractivity contribution is 0.265. The van der Waals surface area contributed by atoms with Crippen LogP contribution >= 0.6 is 0 Å². The quantitative estimate of drug-likeness (QED) is 0.693. The van der Waals surface area contributed by atoms with E-state index in [0.717, 1.165) is 25.7 Å². The van der Waals surface area contributed by atoms with Gasteiger partial charge in [0.25, 0.3) is 0 Å². The van der Waals surface area contributed by atoms with Crippen molar-refractivity contribution >= 4 is 10.0 Å². The fourth-order valence-electron chi connectivity index (χ4n) is 1.61. The van der Waals surface area contributed by atoms with Crippen molar-refractivity contribution in [1.82, 2.24) is 4.72 Å². The third-order valence-corrected chi connectivity index (χ3v) is 4.46. The molecule has 0 aromatic carbocycles. The van der Waals surface area contributed by atoms with Crippen LogP contribution in [0.4, 0.5) is 0 Å². The summed E-state index contributed by atoms with van der Waals surface area (Å²) in [5, 5.41) is 8.48. The minimum absolute atomic E-state index is 0.147. The van der Waals surface area contributed by atoms with E-state index in [1.54, 1.807) is 6.92 Å². The summed E-state index contributed by atoms with van der Waals surface area (Å²) in [6, 6.07) is -0.370. The topological polar surface area (TPSA) is 66.4 Å². The summed E-state index contributed by atoms with van der Waals surface area (Å²) in [6.45, 7) is 1.51. The van der Waals surface area contributed by atoms with Crippen LogP contribution in [0.15, 0.2) is 0 Å². The van der Waals surface area contributed by atoms with Crippen LogP contribution in [0.1, 0.15) is 32.6 Å². The van der Waals surface area contributed by atoms with E-state index in [1.165, 1.54) is 0 Å². The predicted molar refractivity (Wildman–Crippen MR) is 50.9 cm³/mol. The summed E-state index contributed by atoms with van der Waals surface area (Å²) in [4.78, 5) is 0. The van der Waals surface area contributed by atoms with Gasteiger partial charge in [-0.25, -0.2) is 13.1 Å². The van der Waals surface area contributed by atoms with Crippen LogP contribution in [0, 0.1) is 0 Å². The molecule has 2 N–H and O–H groups in total. The Labute approximate surface area is 79.4 Å². The first-order chi connectivity index (χ1) is 6.06. The maximum atomic E-state index is 11.6. The van der Waals surface area contributed by atoms with Gasteiger partial charge >= 0.3 is 0 Å². The number of rotatable bonds is 4. The second-order valence-electron chi connectivity index (χ2n) is 3.65. The monoisotopic (exact) mass is 207 g/mol. The molecule has 0 saturated heterocycles. The zero-order chi connectivity index (χ0) is 9.90. The Morgan fingerprint density at radius 2 is 2.00 bits per heavy atom. The standard InChI is InChI=1S/C8H17NO3S/c1-7(6-10)9-13(11,12)8-4-2-3-5-8/h7-10H,2-6H2,1H3. The van der Waals surface area contributed by atoms with Crippen LogP contribution in [-0.4, -0.2) is 31.4 Å². The molecule has 0 aromatic heterocycles. The zero-order valence-corrected chi connectivity index (χ0v) is 8.68. The van der Waals surface area contributed by atoms with Crippen LogP contribution in [0.5, 0.6) is 0 Å². The molecule has 1 aliphatic carbocycles. The van der Waals surface area contributed by atoms with Crippen molar-refractivity contribution in [2.75, 3.05) is 6.61 Å². The third kappa shape index (κ3) is 2.93. The number of aliphatic hydroxyl groups excluding tert-OH is 1. The number of sulfonamides is 1. The highest BCUT2D eigenvalue weighted by Crippen LogP contribution is 2.23. The van der Waals surface area contributed by atoms with E-state index in [2.05, 4.69) is 4.72 Å². The average molecular weight is 207 g/mol. The van der Waals surface area contributed by atoms with E-state index in [1.807, 2.05) is 0 Å². The number of hydrogen-bond acceptors (Lipinski definition) is 3. The van der Waals surface area contributed by atoms with Crippen LogP contribution < -0.4 is 4.72 Å². The summed E-state index contributed by atoms with van der Waals surface area (Å²) in [7, 11) is -3.18. The number of aliphatic hydroxyl groups is 1. The van der Waals surface area contributed by atoms with E-state index in [0.29, 0.717) is 0 Å². The first-order valence-corrected chi connectivity index (χ1v) is 6.23. The van der Waals surface area contributed by atoms with Gasteiger partial charge in [-0.05, 0) is 19.8 Å². The zero-order valence-electron chi connectivity index (χ0n) is 7.86. The average Bonchev–Trinajstić information content (AvgIpc) is 2.55. The number of hydrogen-bond donors (Lipinski definition) is 2. The fraction of sp³-hybridized carbons (Fsp3) is 1.00. The van der Waals surface area contributed by atoms with Crippen molar-refractivity contribution < 1.29 is 13.5 Å². The lowest BCUT2D eigenvalue weighted by atomic mass is 10.4. The molecule has 1 aliphatic rings. The third-order valence-electron chi connectivity index (χ3n) is 2.38. The van der Waals surface area contributed by atoms with Gasteiger partial charge in [0.2, 0.25) is 10.0 Å². The molecule has 0 heterocycles. The molecule has 0 radical (unpaired) electrons. The van der Waals surface area contributed by atoms with Gasteiger partial charge in [0.1, 0.15) is 0 Å². The van der Waals surface area contributed by atoms with Crippen molar-refractivity contribution in [3.8, 4) is 0 Å². The molecular formula is C8H17NO3S. The van der Waals surface area contributed by atoms with E-state index in [4.69, 9.17) is 5.11 Å². The Bertz CT molecular complexity index is 244. The minimum Gasteiger partial charge on any atom is -0.395 e. The van der Waals surface area contributed by atoms with Gasteiger partial charge in [0, 0.05) is 6.04 Å². The fourth-order valence-corrected chi connectivity index (χ4v) is 3.39. The van der Waals surface area contributed by atoms with Gasteiger partial charge in [-0.3, -0.25) is 0 Å². The smallest absolute Gasteiger partial charge is 0.214 e. The summed E-state index contributed by atoms with van der Waals surface area (Å²) >= 11 is 0. The molecule has 13 heavy (non-hydrogen) atoms. The highest BCUT2D eigenvalue weighted by Gasteiger charge is 2.29. The van der Waals surface area contributed by atoms with Crippen LogP contribution in [0.2, 0.25) is 0 Å². The molecule has 4 nitrogen and oxygen atoms in total. The van der Waals surface area contributed by atoms with Gasteiger partial charge in [-0.15, -0.1) is 0 Å². The molecule has 1 unspecified atom stereocenters. The second kappa shape index (κ2) is 4.39. The molecule has 0 spiro atoms. The Kier molecular flexibility index (Phi) is 3.70. The van der Waals surface area contributed by atoms with Gasteiger partial charge in [0.15, 0.2) is 0 Å². The Morgan fingerprint density at radius 1 is 1.46 bits per heavy atom. The minimum atomic E-state index is -3.18. The van der Waals surface area contributed by atoms with E-state index in [-0.39, 0.29) is 17.9 Å². The van der Waals surface area contributed by atoms with Gasteiger partial charge in [-0.1, -0.05) is 12.8 Å². The van der Waals surface area contributed by atoms with Crippen molar-refractivity contribution in [2.45, 2.75) is 43.9 Å². The van der Waals surface area contributed by atoms with Crippen molar-refractivity contribution in [1.29, 1.82) is 0 Å². The summed E-state index contributed by atoms with van der Waals surface area (Å²) in [5.74, 6) is 0.